The zero-order chi connectivity index (χ0) is 14.6. The maximum absolute atomic E-state index is 12.3. The molecule has 104 valence electrons. The highest BCUT2D eigenvalue weighted by Gasteiger charge is 2.22. The van der Waals surface area contributed by atoms with Crippen molar-refractivity contribution in [2.24, 2.45) is 5.92 Å². The fourth-order valence-corrected chi connectivity index (χ4v) is 1.77. The summed E-state index contributed by atoms with van der Waals surface area (Å²) < 4.78 is 0. The van der Waals surface area contributed by atoms with Gasteiger partial charge in [-0.15, -0.1) is 0 Å². The molecule has 0 radical (unpaired) electrons. The zero-order valence-electron chi connectivity index (χ0n) is 11.4. The minimum atomic E-state index is -0.945. The summed E-state index contributed by atoms with van der Waals surface area (Å²) in [6, 6.07) is 4.94. The minimum absolute atomic E-state index is 0.0473. The number of hydrogen-bond donors (Lipinski definition) is 2. The molecule has 1 aromatic carbocycles. The smallest absolute Gasteiger partial charge is 0.308 e. The Labute approximate surface area is 112 Å². The van der Waals surface area contributed by atoms with Crippen LogP contribution in [0.4, 0.5) is 0 Å². The van der Waals surface area contributed by atoms with Crippen LogP contribution in [0.15, 0.2) is 18.2 Å². The number of nitrogens with zero attached hydrogens (tertiary/aromatic N) is 1. The molecular formula is C14H19NO4. The minimum Gasteiger partial charge on any atom is -0.507 e. The molecule has 1 aromatic rings. The van der Waals surface area contributed by atoms with Gasteiger partial charge in [-0.05, 0) is 25.5 Å². The first-order chi connectivity index (χ1) is 8.88. The quantitative estimate of drug-likeness (QED) is 0.852. The topological polar surface area (TPSA) is 77.8 Å². The van der Waals surface area contributed by atoms with E-state index in [0.717, 1.165) is 0 Å². The molecule has 5 nitrogen and oxygen atoms in total. The number of para-hydroxylation sites is 1. The van der Waals surface area contributed by atoms with Crippen molar-refractivity contribution in [2.45, 2.75) is 20.8 Å². The van der Waals surface area contributed by atoms with E-state index in [2.05, 4.69) is 0 Å². The summed E-state index contributed by atoms with van der Waals surface area (Å²) in [5.74, 6) is -1.98. The van der Waals surface area contributed by atoms with Crippen molar-refractivity contribution < 1.29 is 19.8 Å². The third-order valence-corrected chi connectivity index (χ3v) is 3.05. The van der Waals surface area contributed by atoms with E-state index < -0.39 is 11.9 Å². The highest BCUT2D eigenvalue weighted by Crippen LogP contribution is 2.23. The van der Waals surface area contributed by atoms with Gasteiger partial charge in [0.05, 0.1) is 11.5 Å². The molecule has 0 heterocycles. The van der Waals surface area contributed by atoms with Gasteiger partial charge in [0.1, 0.15) is 5.75 Å². The first-order valence-electron chi connectivity index (χ1n) is 6.19. The number of aliphatic carboxylic acids is 1. The van der Waals surface area contributed by atoms with E-state index in [1.807, 2.05) is 0 Å². The van der Waals surface area contributed by atoms with E-state index in [1.54, 1.807) is 39.0 Å². The van der Waals surface area contributed by atoms with E-state index in [-0.39, 0.29) is 23.8 Å². The van der Waals surface area contributed by atoms with Crippen molar-refractivity contribution in [3.8, 4) is 5.75 Å². The summed E-state index contributed by atoms with van der Waals surface area (Å²) in [7, 11) is 0. The second kappa shape index (κ2) is 6.22. The van der Waals surface area contributed by atoms with Crippen LogP contribution in [0.2, 0.25) is 0 Å². The van der Waals surface area contributed by atoms with E-state index in [1.165, 1.54) is 4.90 Å². The first-order valence-corrected chi connectivity index (χ1v) is 6.19. The maximum atomic E-state index is 12.3. The molecule has 0 aliphatic carbocycles. The van der Waals surface area contributed by atoms with Crippen LogP contribution < -0.4 is 0 Å². The van der Waals surface area contributed by atoms with Crippen LogP contribution >= 0.6 is 0 Å². The van der Waals surface area contributed by atoms with Gasteiger partial charge in [0.2, 0.25) is 0 Å². The van der Waals surface area contributed by atoms with Crippen LogP contribution in [0, 0.1) is 12.8 Å². The van der Waals surface area contributed by atoms with Crippen LogP contribution in [0.5, 0.6) is 5.75 Å². The van der Waals surface area contributed by atoms with Crippen molar-refractivity contribution >= 4 is 11.9 Å². The molecule has 19 heavy (non-hydrogen) atoms. The Morgan fingerprint density at radius 3 is 2.53 bits per heavy atom. The number of phenols is 1. The fourth-order valence-electron chi connectivity index (χ4n) is 1.77. The molecule has 0 aromatic heterocycles. The lowest BCUT2D eigenvalue weighted by atomic mass is 10.1. The molecule has 1 amide bonds. The number of benzene rings is 1. The summed E-state index contributed by atoms with van der Waals surface area (Å²) >= 11 is 0. The number of carboxylic acids is 1. The average Bonchev–Trinajstić information content (AvgIpc) is 2.38. The van der Waals surface area contributed by atoms with Crippen molar-refractivity contribution in [3.63, 3.8) is 0 Å². The van der Waals surface area contributed by atoms with Gasteiger partial charge in [0.25, 0.3) is 5.91 Å². The van der Waals surface area contributed by atoms with Gasteiger partial charge in [-0.25, -0.2) is 0 Å². The number of carbonyl (C=O) groups excluding carboxylic acids is 1. The van der Waals surface area contributed by atoms with Crippen molar-refractivity contribution in [1.82, 2.24) is 4.90 Å². The molecule has 0 aliphatic heterocycles. The van der Waals surface area contributed by atoms with Gasteiger partial charge >= 0.3 is 5.97 Å². The summed E-state index contributed by atoms with van der Waals surface area (Å²) in [6.07, 6.45) is 0. The van der Waals surface area contributed by atoms with Crippen LogP contribution in [0.1, 0.15) is 29.8 Å². The third-order valence-electron chi connectivity index (χ3n) is 3.05. The fraction of sp³-hybridized carbons (Fsp3) is 0.429. The summed E-state index contributed by atoms with van der Waals surface area (Å²) in [6.45, 7) is 5.55. The molecule has 5 heteroatoms. The highest BCUT2D eigenvalue weighted by molar-refractivity contribution is 5.97. The van der Waals surface area contributed by atoms with E-state index in [9.17, 15) is 14.7 Å². The Bertz CT molecular complexity index is 484. The second-order valence-electron chi connectivity index (χ2n) is 4.55. The first kappa shape index (κ1) is 15.0. The van der Waals surface area contributed by atoms with E-state index in [0.29, 0.717) is 12.1 Å². The Balaban J connectivity index is 2.96. The zero-order valence-corrected chi connectivity index (χ0v) is 11.4. The second-order valence-corrected chi connectivity index (χ2v) is 4.55. The monoisotopic (exact) mass is 265 g/mol. The number of rotatable bonds is 5. The van der Waals surface area contributed by atoms with Crippen LogP contribution in [-0.4, -0.2) is 40.1 Å². The summed E-state index contributed by atoms with van der Waals surface area (Å²) in [4.78, 5) is 24.5. The van der Waals surface area contributed by atoms with E-state index in [4.69, 9.17) is 5.11 Å². The normalized spacial score (nSPS) is 11.9. The molecular weight excluding hydrogens is 246 g/mol. The molecule has 0 bridgehead atoms. The number of aryl methyl sites for hydroxylation is 1. The molecule has 2 N–H and O–H groups in total. The van der Waals surface area contributed by atoms with E-state index >= 15 is 0 Å². The van der Waals surface area contributed by atoms with Gasteiger partial charge in [-0.1, -0.05) is 19.1 Å². The van der Waals surface area contributed by atoms with Gasteiger partial charge in [0, 0.05) is 13.1 Å². The van der Waals surface area contributed by atoms with Gasteiger partial charge in [-0.2, -0.15) is 0 Å². The van der Waals surface area contributed by atoms with Crippen molar-refractivity contribution in [1.29, 1.82) is 0 Å². The highest BCUT2D eigenvalue weighted by atomic mass is 16.4. The number of hydrogen-bond acceptors (Lipinski definition) is 3. The average molecular weight is 265 g/mol. The van der Waals surface area contributed by atoms with Gasteiger partial charge in [-0.3, -0.25) is 9.59 Å². The predicted octanol–water partition coefficient (Wildman–Crippen LogP) is 1.88. The largest absolute Gasteiger partial charge is 0.507 e. The summed E-state index contributed by atoms with van der Waals surface area (Å²) in [5, 5.41) is 18.8. The number of phenolic OH excluding ortho intramolecular Hbond substituents is 1. The molecule has 0 aliphatic rings. The van der Waals surface area contributed by atoms with Gasteiger partial charge < -0.3 is 15.1 Å². The molecule has 1 unspecified atom stereocenters. The third kappa shape index (κ3) is 3.47. The molecule has 0 fully saturated rings. The summed E-state index contributed by atoms with van der Waals surface area (Å²) in [5.41, 5.74) is 0.827. The molecule has 1 rings (SSSR count). The SMILES string of the molecule is CCN(CC(C)C(=O)O)C(=O)c1cccc(C)c1O. The maximum Gasteiger partial charge on any atom is 0.308 e. The molecule has 0 saturated heterocycles. The molecule has 0 spiro atoms. The van der Waals surface area contributed by atoms with Gasteiger partial charge in [0.15, 0.2) is 0 Å². The van der Waals surface area contributed by atoms with Crippen molar-refractivity contribution in [2.75, 3.05) is 13.1 Å². The number of aromatic hydroxyl groups is 1. The Hall–Kier alpha value is -2.04. The predicted molar refractivity (Wildman–Crippen MR) is 71.2 cm³/mol. The lowest BCUT2D eigenvalue weighted by Crippen LogP contribution is -2.36. The van der Waals surface area contributed by atoms with Crippen molar-refractivity contribution in [3.05, 3.63) is 29.3 Å². The van der Waals surface area contributed by atoms with Crippen LogP contribution in [-0.2, 0) is 4.79 Å². The standard InChI is InChI=1S/C14H19NO4/c1-4-15(8-10(3)14(18)19)13(17)11-7-5-6-9(2)12(11)16/h5-7,10,16H,4,8H2,1-3H3,(H,18,19). The van der Waals surface area contributed by atoms with Crippen LogP contribution in [0.3, 0.4) is 0 Å². The Kier molecular flexibility index (Phi) is 4.92. The van der Waals surface area contributed by atoms with Crippen LogP contribution in [0.25, 0.3) is 0 Å². The lowest BCUT2D eigenvalue weighted by molar-refractivity contribution is -0.141. The Morgan fingerprint density at radius 2 is 2.00 bits per heavy atom. The molecule has 0 saturated carbocycles. The Morgan fingerprint density at radius 1 is 1.37 bits per heavy atom. The number of amides is 1. The molecule has 1 atom stereocenters. The lowest BCUT2D eigenvalue weighted by Gasteiger charge is -2.23. The number of carbonyl (C=O) groups is 2. The number of carboxylic acid groups (broad SMARTS) is 1.